The number of hydrogen-bond donors (Lipinski definition) is 1. The van der Waals surface area contributed by atoms with E-state index >= 15 is 0 Å². The molecule has 0 bridgehead atoms. The van der Waals surface area contributed by atoms with Crippen molar-refractivity contribution in [1.82, 2.24) is 4.90 Å². The number of halogens is 2. The van der Waals surface area contributed by atoms with Gasteiger partial charge in [-0.15, -0.1) is 0 Å². The molecule has 0 unspecified atom stereocenters. The Morgan fingerprint density at radius 2 is 1.83 bits per heavy atom. The number of nitrogens with zero attached hydrogens (tertiary/aromatic N) is 1. The third kappa shape index (κ3) is 5.43. The lowest BCUT2D eigenvalue weighted by Crippen LogP contribution is -2.37. The minimum atomic E-state index is 0.111. The number of benzene rings is 2. The average molecular weight is 365 g/mol. The molecule has 0 saturated carbocycles. The lowest BCUT2D eigenvalue weighted by Gasteiger charge is -2.27. The van der Waals surface area contributed by atoms with Crippen LogP contribution in [0.25, 0.3) is 0 Å². The molecule has 0 atom stereocenters. The number of amides is 1. The summed E-state index contributed by atoms with van der Waals surface area (Å²) in [5.74, 6) is 0.111. The molecule has 2 rings (SSSR count). The third-order valence-corrected chi connectivity index (χ3v) is 4.29. The summed E-state index contributed by atoms with van der Waals surface area (Å²) in [5.41, 5.74) is 1.88. The Bertz CT molecular complexity index is 674. The van der Waals surface area contributed by atoms with Crippen LogP contribution in [0, 0.1) is 0 Å². The van der Waals surface area contributed by atoms with E-state index in [4.69, 9.17) is 23.2 Å². The highest BCUT2D eigenvalue weighted by atomic mass is 35.5. The molecule has 24 heavy (non-hydrogen) atoms. The van der Waals surface area contributed by atoms with E-state index in [2.05, 4.69) is 5.32 Å². The standard InChI is InChI=1S/C19H22Cl2N2O/c1-14(2)23(13-15-6-4-3-5-7-15)19(24)10-11-22-18-12-16(20)8-9-17(18)21/h3-9,12,14,22H,10-11,13H2,1-2H3. The lowest BCUT2D eigenvalue weighted by atomic mass is 10.1. The normalized spacial score (nSPS) is 10.7. The van der Waals surface area contributed by atoms with Crippen LogP contribution >= 0.6 is 23.2 Å². The van der Waals surface area contributed by atoms with E-state index in [9.17, 15) is 4.79 Å². The number of nitrogens with one attached hydrogen (secondary N) is 1. The summed E-state index contributed by atoms with van der Waals surface area (Å²) in [6, 6.07) is 15.4. The summed E-state index contributed by atoms with van der Waals surface area (Å²) < 4.78 is 0. The van der Waals surface area contributed by atoms with Gasteiger partial charge in [-0.05, 0) is 37.6 Å². The van der Waals surface area contributed by atoms with E-state index in [1.165, 1.54) is 0 Å². The smallest absolute Gasteiger partial charge is 0.224 e. The Kier molecular flexibility index (Phi) is 6.95. The first-order chi connectivity index (χ1) is 11.5. The maximum atomic E-state index is 12.6. The van der Waals surface area contributed by atoms with Crippen molar-refractivity contribution in [1.29, 1.82) is 0 Å². The summed E-state index contributed by atoms with van der Waals surface area (Å²) in [5, 5.41) is 4.38. The molecule has 1 amide bonds. The number of anilines is 1. The van der Waals surface area contributed by atoms with Gasteiger partial charge in [-0.1, -0.05) is 53.5 Å². The molecule has 0 saturated heterocycles. The van der Waals surface area contributed by atoms with Crippen LogP contribution in [0.1, 0.15) is 25.8 Å². The molecular formula is C19H22Cl2N2O. The molecule has 0 aliphatic rings. The second-order valence-corrected chi connectivity index (χ2v) is 6.75. The van der Waals surface area contributed by atoms with Crippen LogP contribution in [0.3, 0.4) is 0 Å². The predicted octanol–water partition coefficient (Wildman–Crippen LogP) is 5.23. The molecule has 5 heteroatoms. The first kappa shape index (κ1) is 18.6. The number of rotatable bonds is 7. The molecule has 128 valence electrons. The summed E-state index contributed by atoms with van der Waals surface area (Å²) in [6.07, 6.45) is 0.397. The van der Waals surface area contributed by atoms with E-state index in [1.807, 2.05) is 49.1 Å². The van der Waals surface area contributed by atoms with Crippen molar-refractivity contribution >= 4 is 34.8 Å². The van der Waals surface area contributed by atoms with Gasteiger partial charge in [-0.3, -0.25) is 4.79 Å². The summed E-state index contributed by atoms with van der Waals surface area (Å²) in [4.78, 5) is 14.4. The van der Waals surface area contributed by atoms with Crippen molar-refractivity contribution in [3.05, 3.63) is 64.1 Å². The van der Waals surface area contributed by atoms with Crippen LogP contribution in [0.2, 0.25) is 10.0 Å². The van der Waals surface area contributed by atoms with Crippen LogP contribution < -0.4 is 5.32 Å². The van der Waals surface area contributed by atoms with E-state index in [0.29, 0.717) is 29.6 Å². The molecule has 0 spiro atoms. The van der Waals surface area contributed by atoms with Gasteiger partial charge in [-0.25, -0.2) is 0 Å². The lowest BCUT2D eigenvalue weighted by molar-refractivity contribution is -0.133. The topological polar surface area (TPSA) is 32.3 Å². The fourth-order valence-electron chi connectivity index (χ4n) is 2.42. The monoisotopic (exact) mass is 364 g/mol. The predicted molar refractivity (Wildman–Crippen MR) is 102 cm³/mol. The van der Waals surface area contributed by atoms with E-state index < -0.39 is 0 Å². The van der Waals surface area contributed by atoms with Crippen molar-refractivity contribution in [3.63, 3.8) is 0 Å². The molecule has 0 aromatic heterocycles. The van der Waals surface area contributed by atoms with Gasteiger partial charge in [0.2, 0.25) is 5.91 Å². The van der Waals surface area contributed by atoms with E-state index in [1.54, 1.807) is 18.2 Å². The molecule has 3 nitrogen and oxygen atoms in total. The van der Waals surface area contributed by atoms with E-state index in [0.717, 1.165) is 11.3 Å². The van der Waals surface area contributed by atoms with Crippen molar-refractivity contribution in [2.45, 2.75) is 32.9 Å². The maximum Gasteiger partial charge on any atom is 0.224 e. The second kappa shape index (κ2) is 8.95. The Balaban J connectivity index is 1.92. The largest absolute Gasteiger partial charge is 0.383 e. The summed E-state index contributed by atoms with van der Waals surface area (Å²) >= 11 is 12.1. The first-order valence-electron chi connectivity index (χ1n) is 7.99. The zero-order valence-electron chi connectivity index (χ0n) is 13.9. The van der Waals surface area contributed by atoms with Gasteiger partial charge in [0.05, 0.1) is 10.7 Å². The fraction of sp³-hybridized carbons (Fsp3) is 0.316. The average Bonchev–Trinajstić information content (AvgIpc) is 2.56. The van der Waals surface area contributed by atoms with Gasteiger partial charge in [-0.2, -0.15) is 0 Å². The van der Waals surface area contributed by atoms with Crippen molar-refractivity contribution < 1.29 is 4.79 Å². The van der Waals surface area contributed by atoms with Gasteiger partial charge < -0.3 is 10.2 Å². The number of hydrogen-bond acceptors (Lipinski definition) is 2. The van der Waals surface area contributed by atoms with Crippen LogP contribution in [-0.2, 0) is 11.3 Å². The third-order valence-electron chi connectivity index (χ3n) is 3.72. The fourth-order valence-corrected chi connectivity index (χ4v) is 2.78. The van der Waals surface area contributed by atoms with Crippen LogP contribution in [0.4, 0.5) is 5.69 Å². The second-order valence-electron chi connectivity index (χ2n) is 5.90. The van der Waals surface area contributed by atoms with Crippen molar-refractivity contribution in [2.75, 3.05) is 11.9 Å². The van der Waals surface area contributed by atoms with Crippen LogP contribution in [0.5, 0.6) is 0 Å². The molecule has 1 N–H and O–H groups in total. The zero-order valence-corrected chi connectivity index (χ0v) is 15.4. The molecule has 2 aromatic rings. The summed E-state index contributed by atoms with van der Waals surface area (Å²) in [7, 11) is 0. The Morgan fingerprint density at radius 1 is 1.12 bits per heavy atom. The molecular weight excluding hydrogens is 343 g/mol. The molecule has 0 aliphatic heterocycles. The zero-order chi connectivity index (χ0) is 17.5. The Hall–Kier alpha value is -1.71. The van der Waals surface area contributed by atoms with Crippen LogP contribution in [0.15, 0.2) is 48.5 Å². The molecule has 0 fully saturated rings. The van der Waals surface area contributed by atoms with Gasteiger partial charge in [0.1, 0.15) is 0 Å². The maximum absolute atomic E-state index is 12.6. The Labute approximate surface area is 153 Å². The number of carbonyl (C=O) groups excluding carboxylic acids is 1. The number of carbonyl (C=O) groups is 1. The molecule has 0 radical (unpaired) electrons. The molecule has 0 aliphatic carbocycles. The van der Waals surface area contributed by atoms with Crippen molar-refractivity contribution in [2.24, 2.45) is 0 Å². The minimum absolute atomic E-state index is 0.111. The Morgan fingerprint density at radius 3 is 2.50 bits per heavy atom. The van der Waals surface area contributed by atoms with Gasteiger partial charge >= 0.3 is 0 Å². The van der Waals surface area contributed by atoms with Gasteiger partial charge in [0.25, 0.3) is 0 Å². The molecule has 0 heterocycles. The summed E-state index contributed by atoms with van der Waals surface area (Å²) in [6.45, 7) is 5.19. The van der Waals surface area contributed by atoms with Crippen molar-refractivity contribution in [3.8, 4) is 0 Å². The highest BCUT2D eigenvalue weighted by Gasteiger charge is 2.17. The highest BCUT2D eigenvalue weighted by Crippen LogP contribution is 2.25. The highest BCUT2D eigenvalue weighted by molar-refractivity contribution is 6.35. The SMILES string of the molecule is CC(C)N(Cc1ccccc1)C(=O)CCNc1cc(Cl)ccc1Cl. The quantitative estimate of drug-likeness (QED) is 0.728. The molecule has 2 aromatic carbocycles. The van der Waals surface area contributed by atoms with E-state index in [-0.39, 0.29) is 11.9 Å². The minimum Gasteiger partial charge on any atom is -0.383 e. The first-order valence-corrected chi connectivity index (χ1v) is 8.75. The van der Waals surface area contributed by atoms with Gasteiger partial charge in [0, 0.05) is 30.6 Å². The van der Waals surface area contributed by atoms with Crippen LogP contribution in [-0.4, -0.2) is 23.4 Å². The van der Waals surface area contributed by atoms with Gasteiger partial charge in [0.15, 0.2) is 0 Å².